The summed E-state index contributed by atoms with van der Waals surface area (Å²) in [4.78, 5) is 0. The standard InChI is InChI=1S/C14H20ClNO/c1-10-9-12(15)3-4-13(10)14(16-2)11-5-7-17-8-6-11/h3-4,9,11,14,16H,5-8H2,1-2H3. The highest BCUT2D eigenvalue weighted by atomic mass is 35.5. The molecule has 1 saturated heterocycles. The van der Waals surface area contributed by atoms with Gasteiger partial charge in [0.2, 0.25) is 0 Å². The molecule has 1 aliphatic rings. The van der Waals surface area contributed by atoms with Crippen molar-refractivity contribution in [2.75, 3.05) is 20.3 Å². The number of rotatable bonds is 3. The predicted molar refractivity (Wildman–Crippen MR) is 71.5 cm³/mol. The average molecular weight is 254 g/mol. The molecule has 0 aromatic heterocycles. The van der Waals surface area contributed by atoms with Crippen LogP contribution in [0.15, 0.2) is 18.2 Å². The zero-order valence-corrected chi connectivity index (χ0v) is 11.3. The molecule has 0 amide bonds. The summed E-state index contributed by atoms with van der Waals surface area (Å²) in [6.45, 7) is 3.90. The summed E-state index contributed by atoms with van der Waals surface area (Å²) in [5.74, 6) is 0.661. The van der Waals surface area contributed by atoms with E-state index in [9.17, 15) is 0 Å². The van der Waals surface area contributed by atoms with Crippen LogP contribution in [0.25, 0.3) is 0 Å². The summed E-state index contributed by atoms with van der Waals surface area (Å²) in [7, 11) is 2.04. The molecule has 1 fully saturated rings. The normalized spacial score (nSPS) is 19.2. The van der Waals surface area contributed by atoms with E-state index in [4.69, 9.17) is 16.3 Å². The smallest absolute Gasteiger partial charge is 0.0469 e. The lowest BCUT2D eigenvalue weighted by Gasteiger charge is -2.31. The summed E-state index contributed by atoms with van der Waals surface area (Å²) in [5, 5.41) is 4.26. The van der Waals surface area contributed by atoms with E-state index in [2.05, 4.69) is 18.3 Å². The third-order valence-electron chi connectivity index (χ3n) is 3.62. The zero-order chi connectivity index (χ0) is 12.3. The number of benzene rings is 1. The Bertz CT molecular complexity index is 374. The molecule has 0 saturated carbocycles. The van der Waals surface area contributed by atoms with Gasteiger partial charge in [-0.1, -0.05) is 17.7 Å². The van der Waals surface area contributed by atoms with Gasteiger partial charge in [0.15, 0.2) is 0 Å². The quantitative estimate of drug-likeness (QED) is 0.892. The number of halogens is 1. The monoisotopic (exact) mass is 253 g/mol. The van der Waals surface area contributed by atoms with E-state index in [1.165, 1.54) is 11.1 Å². The van der Waals surface area contributed by atoms with Crippen molar-refractivity contribution < 1.29 is 4.74 Å². The van der Waals surface area contributed by atoms with E-state index in [-0.39, 0.29) is 0 Å². The molecule has 3 heteroatoms. The van der Waals surface area contributed by atoms with Gasteiger partial charge in [-0.15, -0.1) is 0 Å². The highest BCUT2D eigenvalue weighted by Gasteiger charge is 2.25. The van der Waals surface area contributed by atoms with Crippen molar-refractivity contribution in [3.63, 3.8) is 0 Å². The minimum Gasteiger partial charge on any atom is -0.381 e. The van der Waals surface area contributed by atoms with Crippen LogP contribution >= 0.6 is 11.6 Å². The van der Waals surface area contributed by atoms with Gasteiger partial charge in [-0.2, -0.15) is 0 Å². The van der Waals surface area contributed by atoms with Gasteiger partial charge in [0, 0.05) is 24.3 Å². The highest BCUT2D eigenvalue weighted by molar-refractivity contribution is 6.30. The summed E-state index contributed by atoms with van der Waals surface area (Å²) in [6, 6.07) is 6.58. The maximum atomic E-state index is 6.01. The van der Waals surface area contributed by atoms with Gasteiger partial charge in [0.1, 0.15) is 0 Å². The largest absolute Gasteiger partial charge is 0.381 e. The Morgan fingerprint density at radius 1 is 1.35 bits per heavy atom. The van der Waals surface area contributed by atoms with Gasteiger partial charge in [-0.25, -0.2) is 0 Å². The van der Waals surface area contributed by atoms with Crippen LogP contribution in [0.3, 0.4) is 0 Å². The van der Waals surface area contributed by atoms with Crippen molar-refractivity contribution in [3.05, 3.63) is 34.3 Å². The van der Waals surface area contributed by atoms with Crippen LogP contribution in [0.4, 0.5) is 0 Å². The molecule has 2 rings (SSSR count). The summed E-state index contributed by atoms with van der Waals surface area (Å²) in [6.07, 6.45) is 2.27. The van der Waals surface area contributed by atoms with Gasteiger partial charge in [0.05, 0.1) is 0 Å². The molecule has 1 unspecified atom stereocenters. The SMILES string of the molecule is CNC(c1ccc(Cl)cc1C)C1CCOCC1. The molecule has 0 spiro atoms. The number of nitrogens with one attached hydrogen (secondary N) is 1. The highest BCUT2D eigenvalue weighted by Crippen LogP contribution is 2.32. The molecule has 17 heavy (non-hydrogen) atoms. The third kappa shape index (κ3) is 3.01. The van der Waals surface area contributed by atoms with Crippen LogP contribution in [0, 0.1) is 12.8 Å². The van der Waals surface area contributed by atoms with Gasteiger partial charge < -0.3 is 10.1 Å². The molecule has 2 nitrogen and oxygen atoms in total. The lowest BCUT2D eigenvalue weighted by molar-refractivity contribution is 0.0545. The van der Waals surface area contributed by atoms with Crippen LogP contribution in [0.2, 0.25) is 5.02 Å². The van der Waals surface area contributed by atoms with Crippen LogP contribution < -0.4 is 5.32 Å². The Balaban J connectivity index is 2.21. The first-order chi connectivity index (χ1) is 8.22. The van der Waals surface area contributed by atoms with E-state index in [0.29, 0.717) is 12.0 Å². The van der Waals surface area contributed by atoms with Crippen molar-refractivity contribution in [1.29, 1.82) is 0 Å². The summed E-state index contributed by atoms with van der Waals surface area (Å²) in [5.41, 5.74) is 2.63. The van der Waals surface area contributed by atoms with E-state index < -0.39 is 0 Å². The number of hydrogen-bond donors (Lipinski definition) is 1. The fraction of sp³-hybridized carbons (Fsp3) is 0.571. The molecule has 1 N–H and O–H groups in total. The number of ether oxygens (including phenoxy) is 1. The second-order valence-electron chi connectivity index (χ2n) is 4.72. The molecule has 1 heterocycles. The first-order valence-electron chi connectivity index (χ1n) is 6.23. The van der Waals surface area contributed by atoms with E-state index in [1.54, 1.807) is 0 Å². The minimum absolute atomic E-state index is 0.413. The molecule has 0 bridgehead atoms. The van der Waals surface area contributed by atoms with Crippen LogP contribution in [0.5, 0.6) is 0 Å². The molecule has 1 atom stereocenters. The molecular formula is C14H20ClNO. The van der Waals surface area contributed by atoms with Crippen LogP contribution in [-0.4, -0.2) is 20.3 Å². The molecule has 1 aromatic rings. The third-order valence-corrected chi connectivity index (χ3v) is 3.85. The van der Waals surface area contributed by atoms with Gasteiger partial charge in [0.25, 0.3) is 0 Å². The van der Waals surface area contributed by atoms with Crippen molar-refractivity contribution in [1.82, 2.24) is 5.32 Å². The van der Waals surface area contributed by atoms with Crippen LogP contribution in [0.1, 0.15) is 30.0 Å². The Kier molecular flexibility index (Phi) is 4.43. The van der Waals surface area contributed by atoms with Crippen molar-refractivity contribution in [2.24, 2.45) is 5.92 Å². The second-order valence-corrected chi connectivity index (χ2v) is 5.15. The first-order valence-corrected chi connectivity index (χ1v) is 6.61. The maximum absolute atomic E-state index is 6.01. The van der Waals surface area contributed by atoms with Gasteiger partial charge >= 0.3 is 0 Å². The molecule has 1 aromatic carbocycles. The van der Waals surface area contributed by atoms with Gasteiger partial charge in [-0.05, 0) is 56.0 Å². The number of hydrogen-bond acceptors (Lipinski definition) is 2. The fourth-order valence-electron chi connectivity index (χ4n) is 2.68. The Labute approximate surface area is 108 Å². The lowest BCUT2D eigenvalue weighted by atomic mass is 9.85. The van der Waals surface area contributed by atoms with E-state index in [1.807, 2.05) is 19.2 Å². The molecule has 0 aliphatic carbocycles. The van der Waals surface area contributed by atoms with E-state index >= 15 is 0 Å². The maximum Gasteiger partial charge on any atom is 0.0469 e. The van der Waals surface area contributed by atoms with Crippen molar-refractivity contribution in [2.45, 2.75) is 25.8 Å². The Morgan fingerprint density at radius 2 is 2.06 bits per heavy atom. The van der Waals surface area contributed by atoms with Crippen LogP contribution in [-0.2, 0) is 4.74 Å². The number of aryl methyl sites for hydroxylation is 1. The molecule has 94 valence electrons. The zero-order valence-electron chi connectivity index (χ0n) is 10.5. The Hall–Kier alpha value is -0.570. The molecule has 1 aliphatic heterocycles. The average Bonchev–Trinajstić information content (AvgIpc) is 2.34. The summed E-state index contributed by atoms with van der Waals surface area (Å²) < 4.78 is 5.43. The Morgan fingerprint density at radius 3 is 2.65 bits per heavy atom. The second kappa shape index (κ2) is 5.85. The van der Waals surface area contributed by atoms with E-state index in [0.717, 1.165) is 31.1 Å². The topological polar surface area (TPSA) is 21.3 Å². The summed E-state index contributed by atoms with van der Waals surface area (Å²) >= 11 is 6.01. The predicted octanol–water partition coefficient (Wildman–Crippen LogP) is 3.34. The first kappa shape index (κ1) is 12.9. The molecule has 0 radical (unpaired) electrons. The van der Waals surface area contributed by atoms with Gasteiger partial charge in [-0.3, -0.25) is 0 Å². The van der Waals surface area contributed by atoms with Crippen molar-refractivity contribution in [3.8, 4) is 0 Å². The molecular weight excluding hydrogens is 234 g/mol. The lowest BCUT2D eigenvalue weighted by Crippen LogP contribution is -2.30. The fourth-order valence-corrected chi connectivity index (χ4v) is 2.91. The minimum atomic E-state index is 0.413. The van der Waals surface area contributed by atoms with Crippen molar-refractivity contribution >= 4 is 11.6 Å².